The Morgan fingerprint density at radius 2 is 1.88 bits per heavy atom. The fourth-order valence-corrected chi connectivity index (χ4v) is 3.56. The molecule has 0 aliphatic heterocycles. The van der Waals surface area contributed by atoms with Gasteiger partial charge in [0.2, 0.25) is 0 Å². The molecule has 0 bridgehead atoms. The van der Waals surface area contributed by atoms with Gasteiger partial charge in [-0.15, -0.1) is 0 Å². The predicted octanol–water partition coefficient (Wildman–Crippen LogP) is 6.74. The van der Waals surface area contributed by atoms with E-state index in [4.69, 9.17) is 32.7 Å². The largest absolute Gasteiger partial charge is 0.493 e. The van der Waals surface area contributed by atoms with E-state index < -0.39 is 5.91 Å². The second kappa shape index (κ2) is 10.9. The average Bonchev–Trinajstić information content (AvgIpc) is 2.78. The first-order valence-electron chi connectivity index (χ1n) is 10.1. The maximum Gasteiger partial charge on any atom is 0.266 e. The van der Waals surface area contributed by atoms with Crippen LogP contribution in [0.5, 0.6) is 11.5 Å². The molecule has 3 rings (SSSR count). The van der Waals surface area contributed by atoms with Crippen LogP contribution in [0.1, 0.15) is 22.3 Å². The van der Waals surface area contributed by atoms with Gasteiger partial charge in [0.25, 0.3) is 5.91 Å². The molecule has 0 spiro atoms. The minimum atomic E-state index is -0.517. The Kier molecular flexibility index (Phi) is 8.00. The normalized spacial score (nSPS) is 11.0. The van der Waals surface area contributed by atoms with E-state index in [1.165, 1.54) is 13.2 Å². The Bertz CT molecular complexity index is 1260. The van der Waals surface area contributed by atoms with Crippen molar-refractivity contribution in [3.05, 3.63) is 92.5 Å². The maximum absolute atomic E-state index is 12.6. The first kappa shape index (κ1) is 24.2. The maximum atomic E-state index is 12.6. The molecule has 0 saturated carbocycles. The number of rotatable bonds is 7. The monoisotopic (exact) mass is 480 g/mol. The van der Waals surface area contributed by atoms with Crippen LogP contribution in [0.4, 0.5) is 5.69 Å². The first-order valence-corrected chi connectivity index (χ1v) is 10.8. The molecule has 0 atom stereocenters. The minimum Gasteiger partial charge on any atom is -0.493 e. The zero-order chi connectivity index (χ0) is 24.0. The highest BCUT2D eigenvalue weighted by molar-refractivity contribution is 6.32. The van der Waals surface area contributed by atoms with Crippen molar-refractivity contribution in [3.63, 3.8) is 0 Å². The Balaban J connectivity index is 1.82. The van der Waals surface area contributed by atoms with E-state index in [1.54, 1.807) is 30.3 Å². The molecule has 0 aromatic heterocycles. The summed E-state index contributed by atoms with van der Waals surface area (Å²) >= 11 is 12.5. The number of ether oxygens (including phenoxy) is 2. The van der Waals surface area contributed by atoms with Crippen molar-refractivity contribution in [2.75, 3.05) is 12.4 Å². The highest BCUT2D eigenvalue weighted by Crippen LogP contribution is 2.37. The number of aryl methyl sites for hydroxylation is 2. The van der Waals surface area contributed by atoms with Crippen molar-refractivity contribution >= 4 is 40.9 Å². The molecule has 33 heavy (non-hydrogen) atoms. The number of halogens is 2. The molecule has 0 fully saturated rings. The van der Waals surface area contributed by atoms with Gasteiger partial charge in [0.05, 0.1) is 12.1 Å². The van der Waals surface area contributed by atoms with Crippen molar-refractivity contribution in [3.8, 4) is 17.6 Å². The summed E-state index contributed by atoms with van der Waals surface area (Å²) in [4.78, 5) is 12.6. The van der Waals surface area contributed by atoms with E-state index in [0.717, 1.165) is 16.7 Å². The van der Waals surface area contributed by atoms with Gasteiger partial charge in [0, 0.05) is 10.7 Å². The van der Waals surface area contributed by atoms with E-state index in [0.29, 0.717) is 27.8 Å². The summed E-state index contributed by atoms with van der Waals surface area (Å²) in [6.45, 7) is 4.19. The van der Waals surface area contributed by atoms with Crippen molar-refractivity contribution in [2.24, 2.45) is 0 Å². The lowest BCUT2D eigenvalue weighted by Crippen LogP contribution is -2.13. The Morgan fingerprint density at radius 1 is 1.09 bits per heavy atom. The number of amides is 1. The number of carbonyl (C=O) groups is 1. The molecule has 1 N–H and O–H groups in total. The molecule has 0 saturated heterocycles. The van der Waals surface area contributed by atoms with Crippen molar-refractivity contribution in [2.45, 2.75) is 20.5 Å². The zero-order valence-corrected chi connectivity index (χ0v) is 19.9. The highest BCUT2D eigenvalue weighted by Gasteiger charge is 2.15. The number of nitrogens with one attached hydrogen (secondary N) is 1. The Morgan fingerprint density at radius 3 is 2.55 bits per heavy atom. The third-order valence-corrected chi connectivity index (χ3v) is 5.48. The van der Waals surface area contributed by atoms with Gasteiger partial charge >= 0.3 is 0 Å². The van der Waals surface area contributed by atoms with Gasteiger partial charge in [-0.25, -0.2) is 0 Å². The van der Waals surface area contributed by atoms with Crippen molar-refractivity contribution in [1.29, 1.82) is 5.26 Å². The van der Waals surface area contributed by atoms with Crippen molar-refractivity contribution in [1.82, 2.24) is 0 Å². The number of carbonyl (C=O) groups excluding carboxylic acids is 1. The lowest BCUT2D eigenvalue weighted by molar-refractivity contribution is -0.112. The van der Waals surface area contributed by atoms with Crippen molar-refractivity contribution < 1.29 is 14.3 Å². The lowest BCUT2D eigenvalue weighted by Gasteiger charge is -2.14. The quantitative estimate of drug-likeness (QED) is 0.300. The summed E-state index contributed by atoms with van der Waals surface area (Å²) in [6, 6.07) is 18.1. The summed E-state index contributed by atoms with van der Waals surface area (Å²) in [5.74, 6) is 0.217. The number of benzene rings is 3. The predicted molar refractivity (Wildman–Crippen MR) is 132 cm³/mol. The highest BCUT2D eigenvalue weighted by atomic mass is 35.5. The number of hydrogen-bond acceptors (Lipinski definition) is 4. The fraction of sp³-hybridized carbons (Fsp3) is 0.154. The van der Waals surface area contributed by atoms with Gasteiger partial charge in [-0.2, -0.15) is 5.26 Å². The molecule has 168 valence electrons. The number of anilines is 1. The van der Waals surface area contributed by atoms with Gasteiger partial charge in [0.1, 0.15) is 18.2 Å². The van der Waals surface area contributed by atoms with E-state index in [9.17, 15) is 10.1 Å². The van der Waals surface area contributed by atoms with Crippen LogP contribution >= 0.6 is 23.2 Å². The van der Waals surface area contributed by atoms with Gasteiger partial charge in [-0.3, -0.25) is 4.79 Å². The van der Waals surface area contributed by atoms with Crippen LogP contribution in [-0.4, -0.2) is 13.0 Å². The second-order valence-electron chi connectivity index (χ2n) is 7.38. The standard InChI is InChI=1S/C26H22Cl2N2O3/c1-16-7-8-22(9-17(16)2)30-26(31)20(14-29)10-19-12-23(28)25(24(13-19)32-3)33-15-18-5-4-6-21(27)11-18/h4-13H,15H2,1-3H3,(H,30,31)/b20-10+. The SMILES string of the molecule is COc1cc(/C=C(\C#N)C(=O)Nc2ccc(C)c(C)c2)cc(Cl)c1OCc1cccc(Cl)c1. The Hall–Kier alpha value is -3.46. The number of nitriles is 1. The molecule has 3 aromatic rings. The molecule has 0 radical (unpaired) electrons. The first-order chi connectivity index (χ1) is 15.8. The van der Waals surface area contributed by atoms with Gasteiger partial charge in [0.15, 0.2) is 11.5 Å². The van der Waals surface area contributed by atoms with E-state index in [2.05, 4.69) is 5.32 Å². The zero-order valence-electron chi connectivity index (χ0n) is 18.4. The smallest absolute Gasteiger partial charge is 0.266 e. The third kappa shape index (κ3) is 6.29. The molecular weight excluding hydrogens is 459 g/mol. The van der Waals surface area contributed by atoms with Gasteiger partial charge in [-0.05, 0) is 78.6 Å². The summed E-state index contributed by atoms with van der Waals surface area (Å²) in [7, 11) is 1.49. The number of nitrogens with zero attached hydrogens (tertiary/aromatic N) is 1. The summed E-state index contributed by atoms with van der Waals surface area (Å²) in [5.41, 5.74) is 4.10. The molecule has 0 heterocycles. The van der Waals surface area contributed by atoms with E-state index in [-0.39, 0.29) is 17.2 Å². The minimum absolute atomic E-state index is 0.0704. The van der Waals surface area contributed by atoms with E-state index in [1.807, 2.05) is 44.2 Å². The van der Waals surface area contributed by atoms with Crippen LogP contribution in [0, 0.1) is 25.2 Å². The molecular formula is C26H22Cl2N2O3. The summed E-state index contributed by atoms with van der Waals surface area (Å²) < 4.78 is 11.3. The molecule has 0 unspecified atom stereocenters. The number of hydrogen-bond donors (Lipinski definition) is 1. The van der Waals surface area contributed by atoms with Gasteiger partial charge in [-0.1, -0.05) is 41.4 Å². The fourth-order valence-electron chi connectivity index (χ4n) is 3.08. The second-order valence-corrected chi connectivity index (χ2v) is 8.22. The summed E-state index contributed by atoms with van der Waals surface area (Å²) in [6.07, 6.45) is 1.45. The van der Waals surface area contributed by atoms with Crippen LogP contribution in [0.15, 0.2) is 60.2 Å². The molecule has 3 aromatic carbocycles. The topological polar surface area (TPSA) is 71.3 Å². The molecule has 0 aliphatic rings. The number of methoxy groups -OCH3 is 1. The van der Waals surface area contributed by atoms with Crippen LogP contribution in [0.2, 0.25) is 10.0 Å². The van der Waals surface area contributed by atoms with Crippen LogP contribution < -0.4 is 14.8 Å². The van der Waals surface area contributed by atoms with Crippen LogP contribution in [0.25, 0.3) is 6.08 Å². The Labute approximate surface area is 203 Å². The molecule has 0 aliphatic carbocycles. The molecule has 7 heteroatoms. The van der Waals surface area contributed by atoms with Crippen LogP contribution in [0.3, 0.4) is 0 Å². The third-order valence-electron chi connectivity index (χ3n) is 4.96. The van der Waals surface area contributed by atoms with E-state index >= 15 is 0 Å². The summed E-state index contributed by atoms with van der Waals surface area (Å²) in [5, 5.41) is 13.2. The molecule has 1 amide bonds. The van der Waals surface area contributed by atoms with Crippen LogP contribution in [-0.2, 0) is 11.4 Å². The lowest BCUT2D eigenvalue weighted by atomic mass is 10.1. The van der Waals surface area contributed by atoms with Gasteiger partial charge < -0.3 is 14.8 Å². The molecule has 5 nitrogen and oxygen atoms in total. The average molecular weight is 481 g/mol.